The van der Waals surface area contributed by atoms with Crippen molar-refractivity contribution in [3.8, 4) is 0 Å². The van der Waals surface area contributed by atoms with Gasteiger partial charge in [0.25, 0.3) is 0 Å². The van der Waals surface area contributed by atoms with Gasteiger partial charge in [-0.25, -0.2) is 0 Å². The van der Waals surface area contributed by atoms with Crippen LogP contribution in [0.15, 0.2) is 0 Å². The molecule has 0 aromatic carbocycles. The molecule has 0 atom stereocenters. The van der Waals surface area contributed by atoms with Crippen molar-refractivity contribution in [1.29, 1.82) is 0 Å². The highest BCUT2D eigenvalue weighted by Gasteiger charge is 2.41. The van der Waals surface area contributed by atoms with Crippen molar-refractivity contribution in [3.05, 3.63) is 0 Å². The largest absolute Gasteiger partial charge is 0.385 e. The van der Waals surface area contributed by atoms with E-state index < -0.39 is 0 Å². The first-order chi connectivity index (χ1) is 8.85. The van der Waals surface area contributed by atoms with Gasteiger partial charge in [0.05, 0.1) is 0 Å². The lowest BCUT2D eigenvalue weighted by molar-refractivity contribution is 0.171. The zero-order chi connectivity index (χ0) is 12.7. The second-order valence-electron chi connectivity index (χ2n) is 6.26. The van der Waals surface area contributed by atoms with E-state index in [-0.39, 0.29) is 0 Å². The van der Waals surface area contributed by atoms with Crippen LogP contribution in [0.2, 0.25) is 0 Å². The van der Waals surface area contributed by atoms with Crippen molar-refractivity contribution in [2.75, 3.05) is 39.9 Å². The van der Waals surface area contributed by atoms with Crippen LogP contribution in [0.3, 0.4) is 0 Å². The predicted molar refractivity (Wildman–Crippen MR) is 75.9 cm³/mol. The fraction of sp³-hybridized carbons (Fsp3) is 1.00. The second kappa shape index (κ2) is 7.46. The Morgan fingerprint density at radius 3 is 2.72 bits per heavy atom. The summed E-state index contributed by atoms with van der Waals surface area (Å²) in [6, 6.07) is 0. The van der Waals surface area contributed by atoms with Crippen molar-refractivity contribution < 1.29 is 4.74 Å². The van der Waals surface area contributed by atoms with E-state index in [1.807, 2.05) is 7.11 Å². The molecule has 2 aliphatic rings. The van der Waals surface area contributed by atoms with Crippen LogP contribution in [0, 0.1) is 11.3 Å². The van der Waals surface area contributed by atoms with Crippen LogP contribution in [-0.4, -0.2) is 39.9 Å². The highest BCUT2D eigenvalue weighted by atomic mass is 16.5. The molecule has 0 aromatic heterocycles. The molecule has 0 unspecified atom stereocenters. The Morgan fingerprint density at radius 2 is 2.06 bits per heavy atom. The molecule has 2 rings (SSSR count). The molecular formula is C15H30N2O. The number of nitrogens with one attached hydrogen (secondary N) is 2. The van der Waals surface area contributed by atoms with Crippen LogP contribution in [-0.2, 0) is 4.74 Å². The molecule has 1 heterocycles. The molecular weight excluding hydrogens is 224 g/mol. The average molecular weight is 254 g/mol. The van der Waals surface area contributed by atoms with Crippen molar-refractivity contribution in [2.45, 2.75) is 44.9 Å². The monoisotopic (exact) mass is 254 g/mol. The Bertz CT molecular complexity index is 223. The third-order valence-electron chi connectivity index (χ3n) is 4.72. The summed E-state index contributed by atoms with van der Waals surface area (Å²) in [6.07, 6.45) is 9.58. The molecule has 1 saturated carbocycles. The van der Waals surface area contributed by atoms with Crippen LogP contribution in [0.25, 0.3) is 0 Å². The third kappa shape index (κ3) is 4.87. The summed E-state index contributed by atoms with van der Waals surface area (Å²) in [4.78, 5) is 0. The summed E-state index contributed by atoms with van der Waals surface area (Å²) >= 11 is 0. The highest BCUT2D eigenvalue weighted by molar-refractivity contribution is 4.94. The van der Waals surface area contributed by atoms with Gasteiger partial charge >= 0.3 is 0 Å². The fourth-order valence-electron chi connectivity index (χ4n) is 3.05. The van der Waals surface area contributed by atoms with Crippen molar-refractivity contribution in [3.63, 3.8) is 0 Å². The molecule has 1 aliphatic heterocycles. The van der Waals surface area contributed by atoms with E-state index in [4.69, 9.17) is 4.74 Å². The highest BCUT2D eigenvalue weighted by Crippen LogP contribution is 2.48. The minimum Gasteiger partial charge on any atom is -0.385 e. The minimum absolute atomic E-state index is 0.602. The second-order valence-corrected chi connectivity index (χ2v) is 6.26. The van der Waals surface area contributed by atoms with Crippen LogP contribution in [0.4, 0.5) is 0 Å². The number of hydrogen-bond donors (Lipinski definition) is 2. The van der Waals surface area contributed by atoms with Crippen molar-refractivity contribution in [2.24, 2.45) is 11.3 Å². The quantitative estimate of drug-likeness (QED) is 0.619. The number of rotatable bonds is 9. The Kier molecular flexibility index (Phi) is 5.93. The van der Waals surface area contributed by atoms with Gasteiger partial charge in [-0.05, 0) is 75.9 Å². The molecule has 2 fully saturated rings. The van der Waals surface area contributed by atoms with E-state index in [0.717, 1.165) is 12.5 Å². The van der Waals surface area contributed by atoms with Gasteiger partial charge in [0.15, 0.2) is 0 Å². The van der Waals surface area contributed by atoms with E-state index in [1.165, 1.54) is 71.1 Å². The Morgan fingerprint density at radius 1 is 1.28 bits per heavy atom. The van der Waals surface area contributed by atoms with E-state index >= 15 is 0 Å². The normalized spacial score (nSPS) is 23.2. The molecule has 0 aromatic rings. The van der Waals surface area contributed by atoms with Gasteiger partial charge in [-0.1, -0.05) is 0 Å². The smallest absolute Gasteiger partial charge is 0.0468 e. The summed E-state index contributed by atoms with van der Waals surface area (Å²) in [5.41, 5.74) is 0.602. The van der Waals surface area contributed by atoms with Crippen LogP contribution in [0.5, 0.6) is 0 Å². The molecule has 1 saturated heterocycles. The average Bonchev–Trinajstić information content (AvgIpc) is 3.18. The first-order valence-corrected chi connectivity index (χ1v) is 7.75. The number of hydrogen-bond acceptors (Lipinski definition) is 3. The van der Waals surface area contributed by atoms with E-state index in [0.29, 0.717) is 5.41 Å². The standard InChI is InChI=1S/C15H30N2O/c1-18-12-8-15(6-7-15)13-17-9-2-3-14-4-10-16-11-5-14/h14,16-17H,2-13H2,1H3. The summed E-state index contributed by atoms with van der Waals surface area (Å²) < 4.78 is 5.19. The molecule has 0 bridgehead atoms. The molecule has 0 spiro atoms. The van der Waals surface area contributed by atoms with Gasteiger partial charge in [0.2, 0.25) is 0 Å². The van der Waals surface area contributed by atoms with Gasteiger partial charge in [0.1, 0.15) is 0 Å². The third-order valence-corrected chi connectivity index (χ3v) is 4.72. The maximum Gasteiger partial charge on any atom is 0.0468 e. The maximum atomic E-state index is 5.19. The Hall–Kier alpha value is -0.120. The summed E-state index contributed by atoms with van der Waals surface area (Å²) in [5, 5.41) is 7.10. The van der Waals surface area contributed by atoms with Gasteiger partial charge < -0.3 is 15.4 Å². The van der Waals surface area contributed by atoms with E-state index in [1.54, 1.807) is 0 Å². The minimum atomic E-state index is 0.602. The first kappa shape index (κ1) is 14.3. The predicted octanol–water partition coefficient (Wildman–Crippen LogP) is 2.17. The zero-order valence-electron chi connectivity index (χ0n) is 12.0. The topological polar surface area (TPSA) is 33.3 Å². The number of piperidine rings is 1. The van der Waals surface area contributed by atoms with Gasteiger partial charge in [0, 0.05) is 20.3 Å². The fourth-order valence-corrected chi connectivity index (χ4v) is 3.05. The molecule has 3 nitrogen and oxygen atoms in total. The number of methoxy groups -OCH3 is 1. The molecule has 2 N–H and O–H groups in total. The lowest BCUT2D eigenvalue weighted by Gasteiger charge is -2.22. The van der Waals surface area contributed by atoms with Crippen molar-refractivity contribution in [1.82, 2.24) is 10.6 Å². The molecule has 106 valence electrons. The van der Waals surface area contributed by atoms with Gasteiger partial charge in [-0.15, -0.1) is 0 Å². The maximum absolute atomic E-state index is 5.19. The van der Waals surface area contributed by atoms with Crippen LogP contribution >= 0.6 is 0 Å². The van der Waals surface area contributed by atoms with Crippen LogP contribution < -0.4 is 10.6 Å². The molecule has 0 amide bonds. The first-order valence-electron chi connectivity index (χ1n) is 7.75. The SMILES string of the molecule is COCCC1(CNCCCC2CCNCC2)CC1. The van der Waals surface area contributed by atoms with Gasteiger partial charge in [-0.3, -0.25) is 0 Å². The summed E-state index contributed by atoms with van der Waals surface area (Å²) in [7, 11) is 1.81. The van der Waals surface area contributed by atoms with Crippen LogP contribution in [0.1, 0.15) is 44.9 Å². The zero-order valence-corrected chi connectivity index (χ0v) is 12.0. The lowest BCUT2D eigenvalue weighted by atomic mass is 9.93. The molecule has 1 aliphatic carbocycles. The van der Waals surface area contributed by atoms with Crippen molar-refractivity contribution >= 4 is 0 Å². The van der Waals surface area contributed by atoms with Gasteiger partial charge in [-0.2, -0.15) is 0 Å². The molecule has 0 radical (unpaired) electrons. The molecule has 3 heteroatoms. The Balaban J connectivity index is 1.46. The van der Waals surface area contributed by atoms with E-state index in [2.05, 4.69) is 10.6 Å². The van der Waals surface area contributed by atoms with E-state index in [9.17, 15) is 0 Å². The number of ether oxygens (including phenoxy) is 1. The Labute approximate surface area is 112 Å². The summed E-state index contributed by atoms with van der Waals surface area (Å²) in [6.45, 7) is 5.81. The summed E-state index contributed by atoms with van der Waals surface area (Å²) in [5.74, 6) is 0.983. The molecule has 18 heavy (non-hydrogen) atoms. The lowest BCUT2D eigenvalue weighted by Crippen LogP contribution is -2.29.